The number of nitrogens with one attached hydrogen (secondary N) is 4. The number of amides is 4. The highest BCUT2D eigenvalue weighted by Crippen LogP contribution is 2.14. The maximum atomic E-state index is 13.4. The molecule has 0 aromatic heterocycles. The summed E-state index contributed by atoms with van der Waals surface area (Å²) < 4.78 is 16.1. The lowest BCUT2D eigenvalue weighted by Crippen LogP contribution is -2.58. The second kappa shape index (κ2) is 16.3. The maximum Gasteiger partial charge on any atom is 0.408 e. The summed E-state index contributed by atoms with van der Waals surface area (Å²) in [5, 5.41) is 10.5. The molecule has 0 aliphatic carbocycles. The molecule has 0 heterocycles. The van der Waals surface area contributed by atoms with Crippen molar-refractivity contribution in [1.82, 2.24) is 21.3 Å². The molecule has 0 bridgehead atoms. The number of alkyl carbamates (subject to hydrolysis) is 2. The smallest absolute Gasteiger partial charge is 0.408 e. The Hall–Kier alpha value is -3.83. The van der Waals surface area contributed by atoms with Crippen LogP contribution in [0.1, 0.15) is 88.1 Å². The molecule has 0 unspecified atom stereocenters. The third kappa shape index (κ3) is 16.7. The predicted octanol–water partition coefficient (Wildman–Crippen LogP) is 4.00. The average Bonchev–Trinajstić information content (AvgIpc) is 2.81. The minimum atomic E-state index is -1.29. The molecule has 248 valence electrons. The van der Waals surface area contributed by atoms with E-state index in [1.807, 2.05) is 30.3 Å². The Balaban J connectivity index is 3.09. The van der Waals surface area contributed by atoms with Gasteiger partial charge >= 0.3 is 18.2 Å². The molecule has 12 nitrogen and oxygen atoms in total. The first kappa shape index (κ1) is 38.2. The van der Waals surface area contributed by atoms with Gasteiger partial charge in [0.2, 0.25) is 11.8 Å². The van der Waals surface area contributed by atoms with Gasteiger partial charge in [0.25, 0.3) is 0 Å². The molecule has 3 atom stereocenters. The summed E-state index contributed by atoms with van der Waals surface area (Å²) in [6.45, 7) is 18.6. The van der Waals surface area contributed by atoms with Crippen LogP contribution in [0.5, 0.6) is 0 Å². The van der Waals surface area contributed by atoms with Gasteiger partial charge in [-0.25, -0.2) is 14.4 Å². The molecule has 0 aliphatic heterocycles. The van der Waals surface area contributed by atoms with Crippen molar-refractivity contribution in [2.45, 2.75) is 124 Å². The number of hydrogen-bond acceptors (Lipinski definition) is 8. The quantitative estimate of drug-likeness (QED) is 0.201. The van der Waals surface area contributed by atoms with Gasteiger partial charge in [0.1, 0.15) is 28.9 Å². The second-order valence-electron chi connectivity index (χ2n) is 14.0. The normalized spacial score (nSPS) is 14.0. The lowest BCUT2D eigenvalue weighted by Gasteiger charge is -2.29. The van der Waals surface area contributed by atoms with Crippen molar-refractivity contribution in [3.8, 4) is 0 Å². The number of hydrogen-bond donors (Lipinski definition) is 4. The van der Waals surface area contributed by atoms with Crippen LogP contribution in [0.4, 0.5) is 9.59 Å². The van der Waals surface area contributed by atoms with E-state index in [0.717, 1.165) is 5.56 Å². The summed E-state index contributed by atoms with van der Waals surface area (Å²) in [7, 11) is 0. The van der Waals surface area contributed by atoms with E-state index in [1.54, 1.807) is 76.2 Å². The van der Waals surface area contributed by atoms with Crippen molar-refractivity contribution in [3.63, 3.8) is 0 Å². The van der Waals surface area contributed by atoms with Crippen LogP contribution in [-0.4, -0.2) is 71.4 Å². The summed E-state index contributed by atoms with van der Waals surface area (Å²) >= 11 is 0. The lowest BCUT2D eigenvalue weighted by atomic mass is 10.0. The molecular formula is C32H52N4O8. The van der Waals surface area contributed by atoms with Crippen LogP contribution in [0.3, 0.4) is 0 Å². The van der Waals surface area contributed by atoms with Gasteiger partial charge in [0.05, 0.1) is 0 Å². The molecule has 44 heavy (non-hydrogen) atoms. The number of carbonyl (C=O) groups is 5. The highest BCUT2D eigenvalue weighted by Gasteiger charge is 2.33. The SMILES string of the molecule is CC(C)[C@H](NC(=O)[C@H](CNC(=O)C[C@H](Cc1ccccc1)NC(=O)OC(C)(C)C)NC(=O)OC(C)(C)C)C(=O)OC(C)(C)C. The first-order valence-electron chi connectivity index (χ1n) is 14.9. The van der Waals surface area contributed by atoms with Gasteiger partial charge in [-0.05, 0) is 80.2 Å². The summed E-state index contributed by atoms with van der Waals surface area (Å²) in [5.74, 6) is -2.16. The molecule has 1 aromatic rings. The highest BCUT2D eigenvalue weighted by atomic mass is 16.6. The number of ether oxygens (including phenoxy) is 3. The summed E-state index contributed by atoms with van der Waals surface area (Å²) in [4.78, 5) is 64.4. The van der Waals surface area contributed by atoms with Crippen LogP contribution < -0.4 is 21.3 Å². The minimum Gasteiger partial charge on any atom is -0.458 e. The molecule has 4 N–H and O–H groups in total. The Labute approximate surface area is 261 Å². The fraction of sp³-hybridized carbons (Fsp3) is 0.656. The fourth-order valence-electron chi connectivity index (χ4n) is 3.83. The van der Waals surface area contributed by atoms with Gasteiger partial charge in [-0.3, -0.25) is 9.59 Å². The van der Waals surface area contributed by atoms with Crippen molar-refractivity contribution >= 4 is 30.0 Å². The van der Waals surface area contributed by atoms with E-state index in [0.29, 0.717) is 6.42 Å². The number of rotatable bonds is 12. The van der Waals surface area contributed by atoms with Gasteiger partial charge in [-0.15, -0.1) is 0 Å². The number of esters is 1. The highest BCUT2D eigenvalue weighted by molar-refractivity contribution is 5.90. The van der Waals surface area contributed by atoms with Crippen molar-refractivity contribution in [1.29, 1.82) is 0 Å². The average molecular weight is 621 g/mol. The first-order chi connectivity index (χ1) is 20.0. The number of benzene rings is 1. The van der Waals surface area contributed by atoms with Gasteiger partial charge in [-0.2, -0.15) is 0 Å². The van der Waals surface area contributed by atoms with Crippen LogP contribution in [0.2, 0.25) is 0 Å². The summed E-state index contributed by atoms with van der Waals surface area (Å²) in [6, 6.07) is 6.40. The van der Waals surface area contributed by atoms with Gasteiger partial charge in [0, 0.05) is 19.0 Å². The minimum absolute atomic E-state index is 0.137. The molecule has 0 saturated heterocycles. The summed E-state index contributed by atoms with van der Waals surface area (Å²) in [5.41, 5.74) is -1.46. The van der Waals surface area contributed by atoms with E-state index in [2.05, 4.69) is 21.3 Å². The van der Waals surface area contributed by atoms with E-state index in [-0.39, 0.29) is 18.9 Å². The molecule has 0 saturated carbocycles. The third-order valence-electron chi connectivity index (χ3n) is 5.61. The zero-order chi connectivity index (χ0) is 33.9. The van der Waals surface area contributed by atoms with Crippen molar-refractivity contribution in [2.75, 3.05) is 6.54 Å². The Kier molecular flexibility index (Phi) is 14.1. The molecule has 1 aromatic carbocycles. The monoisotopic (exact) mass is 620 g/mol. The van der Waals surface area contributed by atoms with Crippen LogP contribution in [0.15, 0.2) is 30.3 Å². The first-order valence-corrected chi connectivity index (χ1v) is 14.9. The second-order valence-corrected chi connectivity index (χ2v) is 14.0. The molecule has 0 aliphatic rings. The Morgan fingerprint density at radius 2 is 1.20 bits per heavy atom. The molecule has 0 fully saturated rings. The van der Waals surface area contributed by atoms with Gasteiger partial charge in [0.15, 0.2) is 0 Å². The third-order valence-corrected chi connectivity index (χ3v) is 5.61. The Morgan fingerprint density at radius 3 is 1.68 bits per heavy atom. The van der Waals surface area contributed by atoms with Crippen molar-refractivity contribution < 1.29 is 38.2 Å². The van der Waals surface area contributed by atoms with Gasteiger partial charge in [-0.1, -0.05) is 44.2 Å². The standard InChI is InChI=1S/C32H52N4O8/c1-20(2)25(27(39)42-30(3,4)5)36-26(38)23(35-29(41)44-32(9,10)11)19-33-24(37)18-22(17-21-15-13-12-14-16-21)34-28(40)43-31(6,7)8/h12-16,20,22-23,25H,17-19H2,1-11H3,(H,33,37)(H,34,40)(H,35,41)(H,36,38)/t22-,23-,25-/m0/s1. The summed E-state index contributed by atoms with van der Waals surface area (Å²) in [6.07, 6.45) is -1.34. The van der Waals surface area contributed by atoms with E-state index < -0.39 is 64.9 Å². The van der Waals surface area contributed by atoms with Crippen LogP contribution in [0, 0.1) is 5.92 Å². The largest absolute Gasteiger partial charge is 0.458 e. The topological polar surface area (TPSA) is 161 Å². The van der Waals surface area contributed by atoms with E-state index in [1.165, 1.54) is 0 Å². The van der Waals surface area contributed by atoms with E-state index >= 15 is 0 Å². The van der Waals surface area contributed by atoms with Crippen LogP contribution in [-0.2, 0) is 35.0 Å². The molecular weight excluding hydrogens is 568 g/mol. The zero-order valence-electron chi connectivity index (χ0n) is 28.1. The van der Waals surface area contributed by atoms with Crippen molar-refractivity contribution in [3.05, 3.63) is 35.9 Å². The lowest BCUT2D eigenvalue weighted by molar-refractivity contribution is -0.160. The Bertz CT molecular complexity index is 1120. The number of carbonyl (C=O) groups excluding carboxylic acids is 5. The molecule has 4 amide bonds. The molecule has 0 spiro atoms. The fourth-order valence-corrected chi connectivity index (χ4v) is 3.83. The maximum absolute atomic E-state index is 13.4. The van der Waals surface area contributed by atoms with Crippen LogP contribution in [0.25, 0.3) is 0 Å². The molecule has 0 radical (unpaired) electrons. The zero-order valence-corrected chi connectivity index (χ0v) is 28.1. The Morgan fingerprint density at radius 1 is 0.705 bits per heavy atom. The van der Waals surface area contributed by atoms with Gasteiger partial charge < -0.3 is 35.5 Å². The van der Waals surface area contributed by atoms with Crippen molar-refractivity contribution in [2.24, 2.45) is 5.92 Å². The molecule has 12 heteroatoms. The molecule has 1 rings (SSSR count). The van der Waals surface area contributed by atoms with E-state index in [9.17, 15) is 24.0 Å². The predicted molar refractivity (Wildman–Crippen MR) is 167 cm³/mol. The van der Waals surface area contributed by atoms with E-state index in [4.69, 9.17) is 14.2 Å². The van der Waals surface area contributed by atoms with Crippen LogP contribution >= 0.6 is 0 Å².